The molecule has 4 nitrogen and oxygen atoms in total. The maximum Gasteiger partial charge on any atom is 0.221 e. The van der Waals surface area contributed by atoms with Crippen LogP contribution in [-0.4, -0.2) is 12.2 Å². The van der Waals surface area contributed by atoms with Gasteiger partial charge >= 0.3 is 0 Å². The molecule has 1 amide bonds. The summed E-state index contributed by atoms with van der Waals surface area (Å²) >= 11 is 0. The minimum absolute atomic E-state index is 0.147. The molecule has 0 saturated carbocycles. The number of carbonyl (C=O) groups excluding carboxylic acids is 2. The summed E-state index contributed by atoms with van der Waals surface area (Å²) in [7, 11) is 0. The number of hydrogen-bond donors (Lipinski definition) is 1. The van der Waals surface area contributed by atoms with Gasteiger partial charge < -0.3 is 9.73 Å². The Morgan fingerprint density at radius 3 is 2.47 bits per heavy atom. The fourth-order valence-corrected chi connectivity index (χ4v) is 1.87. The Balaban J connectivity index is 2.56. The van der Waals surface area contributed by atoms with Gasteiger partial charge in [0.1, 0.15) is 5.76 Å². The lowest BCUT2D eigenvalue weighted by Crippen LogP contribution is -2.07. The highest BCUT2D eigenvalue weighted by Crippen LogP contribution is 2.32. The van der Waals surface area contributed by atoms with E-state index in [-0.39, 0.29) is 11.7 Å². The van der Waals surface area contributed by atoms with Crippen LogP contribution in [0.4, 0.5) is 5.69 Å². The lowest BCUT2D eigenvalue weighted by atomic mass is 10.0. The summed E-state index contributed by atoms with van der Waals surface area (Å²) in [5.74, 6) is 0.683. The second kappa shape index (κ2) is 5.10. The molecule has 0 spiro atoms. The van der Waals surface area contributed by atoms with E-state index >= 15 is 0 Å². The number of hydrogen-bond acceptors (Lipinski definition) is 3. The monoisotopic (exact) mass is 257 g/mol. The first-order valence-electron chi connectivity index (χ1n) is 5.95. The van der Waals surface area contributed by atoms with Crippen LogP contribution in [0.1, 0.15) is 28.6 Å². The van der Waals surface area contributed by atoms with Crippen LogP contribution < -0.4 is 5.32 Å². The Bertz CT molecular complexity index is 641. The average Bonchev–Trinajstić information content (AvgIpc) is 2.81. The summed E-state index contributed by atoms with van der Waals surface area (Å²) in [6, 6.07) is 7.16. The highest BCUT2D eigenvalue weighted by molar-refractivity contribution is 5.94. The van der Waals surface area contributed by atoms with E-state index in [0.717, 1.165) is 16.7 Å². The lowest BCUT2D eigenvalue weighted by molar-refractivity contribution is -0.114. The molecule has 2 aromatic rings. The van der Waals surface area contributed by atoms with Gasteiger partial charge in [0.15, 0.2) is 12.0 Å². The summed E-state index contributed by atoms with van der Waals surface area (Å²) in [5, 5.41) is 2.78. The maximum atomic E-state index is 11.3. The minimum atomic E-state index is -0.147. The third-order valence-corrected chi connectivity index (χ3v) is 2.95. The molecule has 2 rings (SSSR count). The number of rotatable bonds is 3. The zero-order chi connectivity index (χ0) is 14.0. The second-order valence-corrected chi connectivity index (χ2v) is 4.48. The molecule has 1 aromatic carbocycles. The van der Waals surface area contributed by atoms with Crippen LogP contribution in [0.25, 0.3) is 11.3 Å². The first-order valence-corrected chi connectivity index (χ1v) is 5.95. The molecule has 1 aromatic heterocycles. The van der Waals surface area contributed by atoms with Gasteiger partial charge in [-0.1, -0.05) is 0 Å². The zero-order valence-electron chi connectivity index (χ0n) is 11.1. The fourth-order valence-electron chi connectivity index (χ4n) is 1.87. The van der Waals surface area contributed by atoms with Gasteiger partial charge in [0, 0.05) is 12.5 Å². The van der Waals surface area contributed by atoms with E-state index in [1.807, 2.05) is 26.0 Å². The number of nitrogens with one attached hydrogen (secondary N) is 1. The summed E-state index contributed by atoms with van der Waals surface area (Å²) in [5.41, 5.74) is 3.62. The van der Waals surface area contributed by atoms with Crippen molar-refractivity contribution in [1.29, 1.82) is 0 Å². The molecule has 1 heterocycles. The summed E-state index contributed by atoms with van der Waals surface area (Å²) in [6.45, 7) is 5.42. The molecule has 19 heavy (non-hydrogen) atoms. The van der Waals surface area contributed by atoms with Gasteiger partial charge in [-0.25, -0.2) is 0 Å². The molecule has 0 aliphatic heterocycles. The van der Waals surface area contributed by atoms with Gasteiger partial charge in [-0.05, 0) is 49.2 Å². The molecule has 0 atom stereocenters. The van der Waals surface area contributed by atoms with Gasteiger partial charge in [-0.15, -0.1) is 0 Å². The van der Waals surface area contributed by atoms with Crippen molar-refractivity contribution in [3.05, 3.63) is 41.2 Å². The van der Waals surface area contributed by atoms with Crippen LogP contribution in [0.2, 0.25) is 0 Å². The molecule has 1 N–H and O–H groups in total. The molecule has 98 valence electrons. The van der Waals surface area contributed by atoms with Crippen molar-refractivity contribution in [2.24, 2.45) is 0 Å². The van der Waals surface area contributed by atoms with E-state index in [4.69, 9.17) is 4.42 Å². The Hall–Kier alpha value is -2.36. The van der Waals surface area contributed by atoms with Crippen LogP contribution in [-0.2, 0) is 4.79 Å². The van der Waals surface area contributed by atoms with Crippen LogP contribution in [0, 0.1) is 13.8 Å². The van der Waals surface area contributed by atoms with E-state index in [9.17, 15) is 9.59 Å². The van der Waals surface area contributed by atoms with Crippen molar-refractivity contribution in [1.82, 2.24) is 0 Å². The number of amides is 1. The third kappa shape index (κ3) is 2.73. The van der Waals surface area contributed by atoms with E-state index in [2.05, 4.69) is 5.32 Å². The van der Waals surface area contributed by atoms with Crippen molar-refractivity contribution in [2.45, 2.75) is 20.8 Å². The highest BCUT2D eigenvalue weighted by atomic mass is 16.3. The number of aryl methyl sites for hydroxylation is 2. The Kier molecular flexibility index (Phi) is 3.51. The Morgan fingerprint density at radius 2 is 1.89 bits per heavy atom. The molecular formula is C15H15NO3. The van der Waals surface area contributed by atoms with E-state index in [1.54, 1.807) is 12.1 Å². The highest BCUT2D eigenvalue weighted by Gasteiger charge is 2.12. The van der Waals surface area contributed by atoms with Crippen molar-refractivity contribution in [3.8, 4) is 11.3 Å². The number of anilines is 1. The van der Waals surface area contributed by atoms with Gasteiger partial charge in [0.25, 0.3) is 0 Å². The first-order chi connectivity index (χ1) is 9.01. The van der Waals surface area contributed by atoms with E-state index < -0.39 is 0 Å². The van der Waals surface area contributed by atoms with Gasteiger partial charge in [0.05, 0.1) is 5.69 Å². The number of benzene rings is 1. The summed E-state index contributed by atoms with van der Waals surface area (Å²) in [4.78, 5) is 21.9. The molecule has 0 fully saturated rings. The molecule has 0 bridgehead atoms. The van der Waals surface area contributed by atoms with Crippen LogP contribution in [0.15, 0.2) is 28.7 Å². The van der Waals surface area contributed by atoms with Gasteiger partial charge in [-0.2, -0.15) is 0 Å². The van der Waals surface area contributed by atoms with Gasteiger partial charge in [-0.3, -0.25) is 9.59 Å². The van der Waals surface area contributed by atoms with Crippen LogP contribution >= 0.6 is 0 Å². The molecule has 0 radical (unpaired) electrons. The number of aldehydes is 1. The molecule has 0 aliphatic rings. The predicted octanol–water partition coefficient (Wildman–Crippen LogP) is 3.33. The second-order valence-electron chi connectivity index (χ2n) is 4.48. The summed E-state index contributed by atoms with van der Waals surface area (Å²) in [6.07, 6.45) is 0.655. The van der Waals surface area contributed by atoms with E-state index in [1.165, 1.54) is 6.92 Å². The van der Waals surface area contributed by atoms with Crippen molar-refractivity contribution >= 4 is 17.9 Å². The van der Waals surface area contributed by atoms with Crippen molar-refractivity contribution < 1.29 is 14.0 Å². The standard InChI is InChI=1S/C15H15NO3/c1-9-6-13(15-5-4-12(8-17)19-15)14(7-10(9)2)16-11(3)18/h4-8H,1-3H3,(H,16,18). The predicted molar refractivity (Wildman–Crippen MR) is 73.3 cm³/mol. The fraction of sp³-hybridized carbons (Fsp3) is 0.200. The molecule has 4 heteroatoms. The topological polar surface area (TPSA) is 59.3 Å². The lowest BCUT2D eigenvalue weighted by Gasteiger charge is -2.11. The molecule has 0 unspecified atom stereocenters. The largest absolute Gasteiger partial charge is 0.453 e. The normalized spacial score (nSPS) is 10.3. The maximum absolute atomic E-state index is 11.3. The van der Waals surface area contributed by atoms with Gasteiger partial charge in [0.2, 0.25) is 5.91 Å². The number of furan rings is 1. The molecule has 0 saturated heterocycles. The van der Waals surface area contributed by atoms with Crippen molar-refractivity contribution in [3.63, 3.8) is 0 Å². The van der Waals surface area contributed by atoms with Crippen molar-refractivity contribution in [2.75, 3.05) is 5.32 Å². The minimum Gasteiger partial charge on any atom is -0.453 e. The first kappa shape index (κ1) is 13.1. The average molecular weight is 257 g/mol. The SMILES string of the molecule is CC(=O)Nc1cc(C)c(C)cc1-c1ccc(C=O)o1. The molecule has 0 aliphatic carbocycles. The Labute approximate surface area is 111 Å². The summed E-state index contributed by atoms with van der Waals surface area (Å²) < 4.78 is 5.42. The number of carbonyl (C=O) groups is 2. The Morgan fingerprint density at radius 1 is 1.21 bits per heavy atom. The van der Waals surface area contributed by atoms with Crippen LogP contribution in [0.3, 0.4) is 0 Å². The van der Waals surface area contributed by atoms with Crippen LogP contribution in [0.5, 0.6) is 0 Å². The molecular weight excluding hydrogens is 242 g/mol. The smallest absolute Gasteiger partial charge is 0.221 e. The third-order valence-electron chi connectivity index (χ3n) is 2.95. The zero-order valence-corrected chi connectivity index (χ0v) is 11.1. The quantitative estimate of drug-likeness (QED) is 0.858. The van der Waals surface area contributed by atoms with E-state index in [0.29, 0.717) is 17.7 Å².